The van der Waals surface area contributed by atoms with E-state index in [-0.39, 0.29) is 5.91 Å². The van der Waals surface area contributed by atoms with Crippen LogP contribution in [0.25, 0.3) is 0 Å². The van der Waals surface area contributed by atoms with E-state index in [0.717, 1.165) is 24.5 Å². The predicted octanol–water partition coefficient (Wildman–Crippen LogP) is 4.39. The normalized spacial score (nSPS) is 15.5. The number of nitrogens with one attached hydrogen (secondary N) is 1. The summed E-state index contributed by atoms with van der Waals surface area (Å²) >= 11 is 0. The van der Waals surface area contributed by atoms with Crippen LogP contribution in [0.15, 0.2) is 48.5 Å². The monoisotopic (exact) mass is 338 g/mol. The number of ether oxygens (including phenoxy) is 1. The first-order chi connectivity index (χ1) is 12.1. The molecule has 3 rings (SSSR count). The van der Waals surface area contributed by atoms with Gasteiger partial charge in [-0.25, -0.2) is 0 Å². The summed E-state index contributed by atoms with van der Waals surface area (Å²) in [5, 5.41) is 3.03. The van der Waals surface area contributed by atoms with Crippen LogP contribution in [0.3, 0.4) is 0 Å². The number of carbonyl (C=O) groups excluding carboxylic acids is 1. The summed E-state index contributed by atoms with van der Waals surface area (Å²) in [5.74, 6) is 0.572. The molecule has 4 nitrogen and oxygen atoms in total. The van der Waals surface area contributed by atoms with Gasteiger partial charge in [-0.15, -0.1) is 0 Å². The second-order valence-corrected chi connectivity index (χ2v) is 6.63. The Morgan fingerprint density at radius 1 is 1.04 bits per heavy atom. The Labute approximate surface area is 149 Å². The zero-order valence-electron chi connectivity index (χ0n) is 15.0. The number of anilines is 2. The molecule has 1 aliphatic rings. The van der Waals surface area contributed by atoms with E-state index in [9.17, 15) is 4.79 Å². The third-order valence-corrected chi connectivity index (χ3v) is 4.56. The third kappa shape index (κ3) is 4.53. The first-order valence-corrected chi connectivity index (χ1v) is 9.01. The lowest BCUT2D eigenvalue weighted by molar-refractivity contribution is -0.122. The third-order valence-electron chi connectivity index (χ3n) is 4.56. The SMILES string of the molecule is Cc1ccc(O[C@@H](C)C(=O)Nc2ccccc2N2CCCCC2)cc1. The molecule has 1 fully saturated rings. The molecule has 132 valence electrons. The minimum Gasteiger partial charge on any atom is -0.481 e. The van der Waals surface area contributed by atoms with E-state index in [1.807, 2.05) is 49.4 Å². The van der Waals surface area contributed by atoms with Crippen LogP contribution in [-0.4, -0.2) is 25.1 Å². The number of amides is 1. The van der Waals surface area contributed by atoms with Crippen molar-refractivity contribution >= 4 is 17.3 Å². The fraction of sp³-hybridized carbons (Fsp3) is 0.381. The highest BCUT2D eigenvalue weighted by molar-refractivity contribution is 5.97. The minimum atomic E-state index is -0.558. The maximum atomic E-state index is 12.6. The van der Waals surface area contributed by atoms with Crippen LogP contribution < -0.4 is 15.0 Å². The maximum absolute atomic E-state index is 12.6. The Kier molecular flexibility index (Phi) is 5.59. The zero-order chi connectivity index (χ0) is 17.6. The molecule has 0 spiro atoms. The lowest BCUT2D eigenvalue weighted by Crippen LogP contribution is -2.33. The topological polar surface area (TPSA) is 41.6 Å². The fourth-order valence-electron chi connectivity index (χ4n) is 3.10. The molecule has 1 N–H and O–H groups in total. The summed E-state index contributed by atoms with van der Waals surface area (Å²) in [5.41, 5.74) is 3.12. The van der Waals surface area contributed by atoms with Gasteiger partial charge >= 0.3 is 0 Å². The van der Waals surface area contributed by atoms with Gasteiger partial charge in [0.1, 0.15) is 5.75 Å². The smallest absolute Gasteiger partial charge is 0.265 e. The van der Waals surface area contributed by atoms with E-state index in [0.29, 0.717) is 5.75 Å². The van der Waals surface area contributed by atoms with Gasteiger partial charge in [0.2, 0.25) is 0 Å². The molecular weight excluding hydrogens is 312 g/mol. The van der Waals surface area contributed by atoms with Gasteiger partial charge in [0, 0.05) is 13.1 Å². The Balaban J connectivity index is 1.66. The highest BCUT2D eigenvalue weighted by Crippen LogP contribution is 2.28. The molecule has 25 heavy (non-hydrogen) atoms. The van der Waals surface area contributed by atoms with Gasteiger partial charge in [0.25, 0.3) is 5.91 Å². The minimum absolute atomic E-state index is 0.134. The van der Waals surface area contributed by atoms with Gasteiger partial charge in [0.05, 0.1) is 11.4 Å². The number of nitrogens with zero attached hydrogens (tertiary/aromatic N) is 1. The zero-order valence-corrected chi connectivity index (χ0v) is 15.0. The highest BCUT2D eigenvalue weighted by Gasteiger charge is 2.19. The van der Waals surface area contributed by atoms with Crippen molar-refractivity contribution < 1.29 is 9.53 Å². The van der Waals surface area contributed by atoms with E-state index in [4.69, 9.17) is 4.74 Å². The molecule has 1 amide bonds. The Bertz CT molecular complexity index is 706. The number of aryl methyl sites for hydroxylation is 1. The molecule has 2 aromatic rings. The number of carbonyl (C=O) groups is 1. The largest absolute Gasteiger partial charge is 0.481 e. The predicted molar refractivity (Wildman–Crippen MR) is 102 cm³/mol. The number of hydrogen-bond donors (Lipinski definition) is 1. The molecular formula is C21H26N2O2. The number of hydrogen-bond acceptors (Lipinski definition) is 3. The second-order valence-electron chi connectivity index (χ2n) is 6.63. The average molecular weight is 338 g/mol. The van der Waals surface area contributed by atoms with Crippen LogP contribution >= 0.6 is 0 Å². The first kappa shape index (κ1) is 17.3. The molecule has 1 heterocycles. The molecule has 1 saturated heterocycles. The van der Waals surface area contributed by atoms with E-state index in [2.05, 4.69) is 16.3 Å². The van der Waals surface area contributed by atoms with Crippen LogP contribution in [0.1, 0.15) is 31.7 Å². The summed E-state index contributed by atoms with van der Waals surface area (Å²) in [4.78, 5) is 14.9. The molecule has 0 bridgehead atoms. The summed E-state index contributed by atoms with van der Waals surface area (Å²) in [6, 6.07) is 15.7. The summed E-state index contributed by atoms with van der Waals surface area (Å²) in [7, 11) is 0. The van der Waals surface area contributed by atoms with Gasteiger partial charge in [-0.1, -0.05) is 29.8 Å². The van der Waals surface area contributed by atoms with E-state index >= 15 is 0 Å². The molecule has 2 aromatic carbocycles. The number of rotatable bonds is 5. The van der Waals surface area contributed by atoms with Crippen molar-refractivity contribution in [3.05, 3.63) is 54.1 Å². The molecule has 1 aliphatic heterocycles. The first-order valence-electron chi connectivity index (χ1n) is 9.01. The summed E-state index contributed by atoms with van der Waals surface area (Å²) < 4.78 is 5.76. The fourth-order valence-corrected chi connectivity index (χ4v) is 3.10. The molecule has 4 heteroatoms. The maximum Gasteiger partial charge on any atom is 0.265 e. The van der Waals surface area contributed by atoms with Crippen molar-refractivity contribution in [1.82, 2.24) is 0 Å². The van der Waals surface area contributed by atoms with Gasteiger partial charge in [0.15, 0.2) is 6.10 Å². The van der Waals surface area contributed by atoms with Gasteiger partial charge in [-0.05, 0) is 57.4 Å². The van der Waals surface area contributed by atoms with Gasteiger partial charge < -0.3 is 15.0 Å². The van der Waals surface area contributed by atoms with Crippen molar-refractivity contribution in [2.24, 2.45) is 0 Å². The van der Waals surface area contributed by atoms with Gasteiger partial charge in [-0.3, -0.25) is 4.79 Å². The van der Waals surface area contributed by atoms with Crippen LogP contribution in [0.5, 0.6) is 5.75 Å². The van der Waals surface area contributed by atoms with Crippen molar-refractivity contribution in [3.63, 3.8) is 0 Å². The van der Waals surface area contributed by atoms with Crippen molar-refractivity contribution in [3.8, 4) is 5.75 Å². The van der Waals surface area contributed by atoms with Crippen LogP contribution in [0.2, 0.25) is 0 Å². The lowest BCUT2D eigenvalue weighted by atomic mass is 10.1. The molecule has 1 atom stereocenters. The van der Waals surface area contributed by atoms with E-state index < -0.39 is 6.10 Å². The van der Waals surface area contributed by atoms with Crippen molar-refractivity contribution in [1.29, 1.82) is 0 Å². The average Bonchev–Trinajstić information content (AvgIpc) is 2.64. The van der Waals surface area contributed by atoms with Crippen LogP contribution in [0.4, 0.5) is 11.4 Å². The number of para-hydroxylation sites is 2. The van der Waals surface area contributed by atoms with Gasteiger partial charge in [-0.2, -0.15) is 0 Å². The number of piperidine rings is 1. The number of benzene rings is 2. The second kappa shape index (κ2) is 8.06. The quantitative estimate of drug-likeness (QED) is 0.879. The molecule has 0 saturated carbocycles. The van der Waals surface area contributed by atoms with Crippen molar-refractivity contribution in [2.45, 2.75) is 39.2 Å². The van der Waals surface area contributed by atoms with Crippen LogP contribution in [0, 0.1) is 6.92 Å². The van der Waals surface area contributed by atoms with Crippen molar-refractivity contribution in [2.75, 3.05) is 23.3 Å². The standard InChI is InChI=1S/C21H26N2O2/c1-16-10-12-18(13-11-16)25-17(2)21(24)22-19-8-4-5-9-20(19)23-14-6-3-7-15-23/h4-5,8-13,17H,3,6-7,14-15H2,1-2H3,(H,22,24)/t17-/m0/s1. The molecule has 0 aromatic heterocycles. The molecule has 0 aliphatic carbocycles. The lowest BCUT2D eigenvalue weighted by Gasteiger charge is -2.30. The summed E-state index contributed by atoms with van der Waals surface area (Å²) in [6.07, 6.45) is 3.13. The molecule has 0 radical (unpaired) electrons. The molecule has 0 unspecified atom stereocenters. The Morgan fingerprint density at radius 3 is 2.44 bits per heavy atom. The Morgan fingerprint density at radius 2 is 1.72 bits per heavy atom. The summed E-state index contributed by atoms with van der Waals surface area (Å²) in [6.45, 7) is 5.89. The van der Waals surface area contributed by atoms with Crippen LogP contribution in [-0.2, 0) is 4.79 Å². The van der Waals surface area contributed by atoms with E-state index in [1.54, 1.807) is 6.92 Å². The van der Waals surface area contributed by atoms with E-state index in [1.165, 1.54) is 24.8 Å². The Hall–Kier alpha value is -2.49. The highest BCUT2D eigenvalue weighted by atomic mass is 16.5.